The molecule has 0 aliphatic carbocycles. The zero-order chi connectivity index (χ0) is 20.4. The van der Waals surface area contributed by atoms with E-state index < -0.39 is 5.97 Å². The Morgan fingerprint density at radius 2 is 2.00 bits per heavy atom. The highest BCUT2D eigenvalue weighted by Gasteiger charge is 2.28. The maximum atomic E-state index is 12.7. The number of fused-ring (bicyclic) bond motifs is 2. The molecule has 0 radical (unpaired) electrons. The molecular weight excluding hydrogens is 370 g/mol. The van der Waals surface area contributed by atoms with Gasteiger partial charge in [-0.05, 0) is 37.6 Å². The van der Waals surface area contributed by atoms with Gasteiger partial charge >= 0.3 is 5.97 Å². The molecule has 1 aliphatic heterocycles. The van der Waals surface area contributed by atoms with Crippen molar-refractivity contribution in [2.24, 2.45) is 0 Å². The van der Waals surface area contributed by atoms with E-state index in [2.05, 4.69) is 4.57 Å². The molecule has 0 fully saturated rings. The number of carbonyl (C=O) groups is 2. The van der Waals surface area contributed by atoms with E-state index in [1.54, 1.807) is 13.0 Å². The summed E-state index contributed by atoms with van der Waals surface area (Å²) in [6.07, 6.45) is 0. The minimum absolute atomic E-state index is 0.0359. The summed E-state index contributed by atoms with van der Waals surface area (Å²) in [4.78, 5) is 30.8. The van der Waals surface area contributed by atoms with Crippen LogP contribution in [0.2, 0.25) is 0 Å². The standard InChI is InChI=1S/C22H23N3O4/c1-3-25-19-11-16(29-14-21(26)28-4-2)9-10-18(19)23-20(25)13-24-12-15-7-5-6-8-17(15)22(24)27/h5-11H,3-4,12-14H2,1-2H3. The first-order chi connectivity index (χ1) is 14.1. The quantitative estimate of drug-likeness (QED) is 0.577. The van der Waals surface area contributed by atoms with Crippen LogP contribution < -0.4 is 4.74 Å². The number of benzene rings is 2. The Kier molecular flexibility index (Phi) is 5.20. The predicted octanol–water partition coefficient (Wildman–Crippen LogP) is 3.15. The minimum atomic E-state index is -0.399. The van der Waals surface area contributed by atoms with Gasteiger partial charge in [0.1, 0.15) is 11.6 Å². The number of imidazole rings is 1. The van der Waals surface area contributed by atoms with Gasteiger partial charge in [0, 0.05) is 24.7 Å². The summed E-state index contributed by atoms with van der Waals surface area (Å²) >= 11 is 0. The first-order valence-corrected chi connectivity index (χ1v) is 9.75. The fourth-order valence-corrected chi connectivity index (χ4v) is 3.67. The van der Waals surface area contributed by atoms with Gasteiger partial charge in [-0.1, -0.05) is 18.2 Å². The molecule has 4 rings (SSSR count). The van der Waals surface area contributed by atoms with E-state index in [4.69, 9.17) is 14.5 Å². The topological polar surface area (TPSA) is 73.7 Å². The fourth-order valence-electron chi connectivity index (χ4n) is 3.67. The monoisotopic (exact) mass is 393 g/mol. The molecule has 150 valence electrons. The van der Waals surface area contributed by atoms with Crippen LogP contribution in [0.4, 0.5) is 0 Å². The number of ether oxygens (including phenoxy) is 2. The van der Waals surface area contributed by atoms with E-state index in [0.717, 1.165) is 28.0 Å². The molecule has 1 aromatic heterocycles. The maximum absolute atomic E-state index is 12.7. The van der Waals surface area contributed by atoms with Gasteiger partial charge in [0.2, 0.25) is 0 Å². The summed E-state index contributed by atoms with van der Waals surface area (Å²) in [5.74, 6) is 1.04. The average Bonchev–Trinajstić information content (AvgIpc) is 3.23. The highest BCUT2D eigenvalue weighted by atomic mass is 16.6. The highest BCUT2D eigenvalue weighted by Crippen LogP contribution is 2.27. The van der Waals surface area contributed by atoms with E-state index in [9.17, 15) is 9.59 Å². The van der Waals surface area contributed by atoms with Gasteiger partial charge in [-0.25, -0.2) is 9.78 Å². The number of amides is 1. The van der Waals surface area contributed by atoms with E-state index in [0.29, 0.717) is 32.0 Å². The molecule has 0 bridgehead atoms. The Bertz CT molecular complexity index is 1070. The largest absolute Gasteiger partial charge is 0.482 e. The molecular formula is C22H23N3O4. The number of hydrogen-bond donors (Lipinski definition) is 0. The Labute approximate surface area is 168 Å². The van der Waals surface area contributed by atoms with Crippen LogP contribution in [0.15, 0.2) is 42.5 Å². The van der Waals surface area contributed by atoms with Crippen LogP contribution in [0.1, 0.15) is 35.6 Å². The third kappa shape index (κ3) is 3.68. The summed E-state index contributed by atoms with van der Waals surface area (Å²) in [6, 6.07) is 13.2. The van der Waals surface area contributed by atoms with Gasteiger partial charge < -0.3 is 18.9 Å². The van der Waals surface area contributed by atoms with Crippen LogP contribution in [0.5, 0.6) is 5.75 Å². The van der Waals surface area contributed by atoms with Crippen molar-refractivity contribution in [2.45, 2.75) is 33.5 Å². The third-order valence-corrected chi connectivity index (χ3v) is 5.01. The summed E-state index contributed by atoms with van der Waals surface area (Å²) in [7, 11) is 0. The minimum Gasteiger partial charge on any atom is -0.482 e. The fraction of sp³-hybridized carbons (Fsp3) is 0.318. The van der Waals surface area contributed by atoms with Gasteiger partial charge in [0.25, 0.3) is 5.91 Å². The average molecular weight is 393 g/mol. The van der Waals surface area contributed by atoms with Gasteiger partial charge in [-0.15, -0.1) is 0 Å². The van der Waals surface area contributed by atoms with Crippen molar-refractivity contribution in [2.75, 3.05) is 13.2 Å². The van der Waals surface area contributed by atoms with Gasteiger partial charge in [-0.2, -0.15) is 0 Å². The molecule has 1 amide bonds. The molecule has 3 aromatic rings. The molecule has 1 aliphatic rings. The zero-order valence-electron chi connectivity index (χ0n) is 16.6. The van der Waals surface area contributed by atoms with Crippen LogP contribution >= 0.6 is 0 Å². The Hall–Kier alpha value is -3.35. The normalized spacial score (nSPS) is 13.0. The number of hydrogen-bond acceptors (Lipinski definition) is 5. The Balaban J connectivity index is 1.56. The number of carbonyl (C=O) groups excluding carboxylic acids is 2. The van der Waals surface area contributed by atoms with Crippen LogP contribution in [0.3, 0.4) is 0 Å². The molecule has 0 unspecified atom stereocenters. The number of esters is 1. The van der Waals surface area contributed by atoms with E-state index in [1.165, 1.54) is 0 Å². The number of nitrogens with zero attached hydrogens (tertiary/aromatic N) is 3. The van der Waals surface area contributed by atoms with Crippen molar-refractivity contribution in [3.63, 3.8) is 0 Å². The van der Waals surface area contributed by atoms with Crippen molar-refractivity contribution in [1.82, 2.24) is 14.5 Å². The van der Waals surface area contributed by atoms with E-state index in [-0.39, 0.29) is 12.5 Å². The summed E-state index contributed by atoms with van der Waals surface area (Å²) in [6.45, 7) is 5.73. The van der Waals surface area contributed by atoms with Crippen molar-refractivity contribution in [3.8, 4) is 5.75 Å². The van der Waals surface area contributed by atoms with Crippen LogP contribution in [0.25, 0.3) is 11.0 Å². The van der Waals surface area contributed by atoms with Gasteiger partial charge in [0.15, 0.2) is 6.61 Å². The lowest BCUT2D eigenvalue weighted by Crippen LogP contribution is -2.25. The first kappa shape index (κ1) is 19.0. The number of rotatable bonds is 7. The molecule has 0 saturated carbocycles. The molecule has 0 spiro atoms. The molecule has 0 saturated heterocycles. The summed E-state index contributed by atoms with van der Waals surface area (Å²) < 4.78 is 12.5. The van der Waals surface area contributed by atoms with E-state index in [1.807, 2.05) is 48.2 Å². The van der Waals surface area contributed by atoms with Crippen LogP contribution in [0, 0.1) is 0 Å². The highest BCUT2D eigenvalue weighted by molar-refractivity contribution is 5.98. The first-order valence-electron chi connectivity index (χ1n) is 9.75. The molecule has 0 N–H and O–H groups in total. The number of aromatic nitrogens is 2. The molecule has 7 heteroatoms. The maximum Gasteiger partial charge on any atom is 0.344 e. The molecule has 2 aromatic carbocycles. The van der Waals surface area contributed by atoms with Crippen LogP contribution in [-0.4, -0.2) is 39.5 Å². The molecule has 0 atom stereocenters. The third-order valence-electron chi connectivity index (χ3n) is 5.01. The second kappa shape index (κ2) is 7.95. The van der Waals surface area contributed by atoms with E-state index >= 15 is 0 Å². The van der Waals surface area contributed by atoms with Gasteiger partial charge in [-0.3, -0.25) is 4.79 Å². The Morgan fingerprint density at radius 3 is 2.76 bits per heavy atom. The zero-order valence-corrected chi connectivity index (χ0v) is 16.6. The summed E-state index contributed by atoms with van der Waals surface area (Å²) in [5.41, 5.74) is 3.55. The molecule has 2 heterocycles. The lowest BCUT2D eigenvalue weighted by Gasteiger charge is -2.16. The summed E-state index contributed by atoms with van der Waals surface area (Å²) in [5, 5.41) is 0. The molecule has 7 nitrogen and oxygen atoms in total. The van der Waals surface area contributed by atoms with Crippen LogP contribution in [-0.2, 0) is 29.2 Å². The molecule has 29 heavy (non-hydrogen) atoms. The number of aryl methyl sites for hydroxylation is 1. The lowest BCUT2D eigenvalue weighted by molar-refractivity contribution is -0.145. The van der Waals surface area contributed by atoms with Crippen molar-refractivity contribution < 1.29 is 19.1 Å². The van der Waals surface area contributed by atoms with Crippen molar-refractivity contribution in [1.29, 1.82) is 0 Å². The SMILES string of the molecule is CCOC(=O)COc1ccc2nc(CN3Cc4ccccc4C3=O)n(CC)c2c1. The van der Waals surface area contributed by atoms with Crippen molar-refractivity contribution >= 4 is 22.9 Å². The smallest absolute Gasteiger partial charge is 0.344 e. The second-order valence-electron chi connectivity index (χ2n) is 6.83. The van der Waals surface area contributed by atoms with Crippen molar-refractivity contribution in [3.05, 3.63) is 59.4 Å². The van der Waals surface area contributed by atoms with Gasteiger partial charge in [0.05, 0.1) is 24.2 Å². The predicted molar refractivity (Wildman–Crippen MR) is 108 cm³/mol. The second-order valence-corrected chi connectivity index (χ2v) is 6.83. The lowest BCUT2D eigenvalue weighted by atomic mass is 10.1. The Morgan fingerprint density at radius 1 is 1.17 bits per heavy atom.